The number of hydrogen-bond donors (Lipinski definition) is 1. The smallest absolute Gasteiger partial charge is 0.410 e. The van der Waals surface area contributed by atoms with E-state index in [1.165, 1.54) is 7.11 Å². The summed E-state index contributed by atoms with van der Waals surface area (Å²) in [5.41, 5.74) is 2.04. The van der Waals surface area contributed by atoms with E-state index in [2.05, 4.69) is 0 Å². The van der Waals surface area contributed by atoms with Crippen LogP contribution in [0.2, 0.25) is 0 Å². The minimum absolute atomic E-state index is 0.125. The minimum atomic E-state index is -1.01. The fourth-order valence-electron chi connectivity index (χ4n) is 2.93. The molecule has 22 heavy (non-hydrogen) atoms. The second kappa shape index (κ2) is 6.68. The number of carboxylic acids is 1. The van der Waals surface area contributed by atoms with E-state index < -0.39 is 5.97 Å². The Morgan fingerprint density at radius 2 is 2.09 bits per heavy atom. The van der Waals surface area contributed by atoms with Crippen molar-refractivity contribution in [3.63, 3.8) is 0 Å². The first-order chi connectivity index (χ1) is 10.5. The van der Waals surface area contributed by atoms with Crippen LogP contribution in [0.1, 0.15) is 47.8 Å². The molecular weight excluding hydrogens is 286 g/mol. The predicted octanol–water partition coefficient (Wildman–Crippen LogP) is 2.86. The van der Waals surface area contributed by atoms with Crippen LogP contribution in [-0.4, -0.2) is 42.3 Å². The molecule has 2 rings (SSSR count). The molecular formula is C16H21NO5. The lowest BCUT2D eigenvalue weighted by molar-refractivity contribution is 0.0690. The second-order valence-corrected chi connectivity index (χ2v) is 5.12. The summed E-state index contributed by atoms with van der Waals surface area (Å²) < 4.78 is 10.3. The van der Waals surface area contributed by atoms with E-state index in [0.717, 1.165) is 17.5 Å². The van der Waals surface area contributed by atoms with Crippen molar-refractivity contribution in [1.82, 2.24) is 4.90 Å². The molecule has 0 radical (unpaired) electrons. The third-order valence-corrected chi connectivity index (χ3v) is 3.94. The van der Waals surface area contributed by atoms with Gasteiger partial charge in [-0.15, -0.1) is 0 Å². The van der Waals surface area contributed by atoms with Crippen LogP contribution in [-0.2, 0) is 11.2 Å². The average molecular weight is 307 g/mol. The van der Waals surface area contributed by atoms with Gasteiger partial charge in [0.2, 0.25) is 0 Å². The lowest BCUT2D eigenvalue weighted by Crippen LogP contribution is -2.40. The molecule has 1 amide bonds. The van der Waals surface area contributed by atoms with E-state index in [9.17, 15) is 14.7 Å². The van der Waals surface area contributed by atoms with Gasteiger partial charge in [-0.1, -0.05) is 6.92 Å². The van der Waals surface area contributed by atoms with Gasteiger partial charge in [-0.25, -0.2) is 9.59 Å². The molecule has 0 saturated heterocycles. The van der Waals surface area contributed by atoms with Crippen molar-refractivity contribution < 1.29 is 24.2 Å². The Hall–Kier alpha value is -2.24. The van der Waals surface area contributed by atoms with Gasteiger partial charge in [-0.05, 0) is 43.0 Å². The Morgan fingerprint density at radius 1 is 1.36 bits per heavy atom. The molecule has 0 fully saturated rings. The highest BCUT2D eigenvalue weighted by molar-refractivity contribution is 5.91. The molecule has 1 N–H and O–H groups in total. The van der Waals surface area contributed by atoms with Crippen LogP contribution in [0.3, 0.4) is 0 Å². The summed E-state index contributed by atoms with van der Waals surface area (Å²) >= 11 is 0. The molecule has 1 unspecified atom stereocenters. The number of rotatable bonds is 4. The zero-order chi connectivity index (χ0) is 16.3. The lowest BCUT2D eigenvalue weighted by Gasteiger charge is -2.36. The average Bonchev–Trinajstić information content (AvgIpc) is 2.52. The first-order valence-corrected chi connectivity index (χ1v) is 7.40. The highest BCUT2D eigenvalue weighted by Gasteiger charge is 2.32. The first-order valence-electron chi connectivity index (χ1n) is 7.40. The number of benzene rings is 1. The summed E-state index contributed by atoms with van der Waals surface area (Å²) in [5.74, 6) is -0.698. The standard InChI is InChI=1S/C16H21NO5/c1-4-13-11-9-14(21-3)12(15(18)19)8-10(11)6-7-17(13)16(20)22-5-2/h8-9,13H,4-7H2,1-3H3,(H,18,19). The van der Waals surface area contributed by atoms with Gasteiger partial charge in [-0.3, -0.25) is 0 Å². The Labute approximate surface area is 129 Å². The van der Waals surface area contributed by atoms with Crippen molar-refractivity contribution in [1.29, 1.82) is 0 Å². The lowest BCUT2D eigenvalue weighted by atomic mass is 9.89. The van der Waals surface area contributed by atoms with Gasteiger partial charge >= 0.3 is 12.1 Å². The van der Waals surface area contributed by atoms with Crippen LogP contribution in [0.15, 0.2) is 12.1 Å². The molecule has 0 bridgehead atoms. The van der Waals surface area contributed by atoms with Gasteiger partial charge in [-0.2, -0.15) is 0 Å². The minimum Gasteiger partial charge on any atom is -0.496 e. The molecule has 1 aromatic carbocycles. The summed E-state index contributed by atoms with van der Waals surface area (Å²) in [6.45, 7) is 4.62. The summed E-state index contributed by atoms with van der Waals surface area (Å²) in [7, 11) is 1.45. The molecule has 0 aliphatic carbocycles. The van der Waals surface area contributed by atoms with Crippen LogP contribution in [0, 0.1) is 0 Å². The number of amides is 1. The normalized spacial score (nSPS) is 16.9. The molecule has 1 heterocycles. The fraction of sp³-hybridized carbons (Fsp3) is 0.500. The summed E-state index contributed by atoms with van der Waals surface area (Å²) in [4.78, 5) is 25.1. The van der Waals surface area contributed by atoms with Crippen molar-refractivity contribution >= 4 is 12.1 Å². The van der Waals surface area contributed by atoms with Gasteiger partial charge in [0, 0.05) is 6.54 Å². The number of ether oxygens (including phenoxy) is 2. The third-order valence-electron chi connectivity index (χ3n) is 3.94. The van der Waals surface area contributed by atoms with E-state index in [1.54, 1.807) is 24.0 Å². The van der Waals surface area contributed by atoms with Crippen LogP contribution < -0.4 is 4.74 Å². The Kier molecular flexibility index (Phi) is 4.90. The number of methoxy groups -OCH3 is 1. The van der Waals surface area contributed by atoms with E-state index in [4.69, 9.17) is 9.47 Å². The van der Waals surface area contributed by atoms with Crippen LogP contribution in [0.4, 0.5) is 4.79 Å². The number of hydrogen-bond acceptors (Lipinski definition) is 4. The van der Waals surface area contributed by atoms with Crippen molar-refractivity contribution in [3.8, 4) is 5.75 Å². The first kappa shape index (κ1) is 16.1. The van der Waals surface area contributed by atoms with Gasteiger partial charge in [0.05, 0.1) is 19.8 Å². The number of carbonyl (C=O) groups excluding carboxylic acids is 1. The summed E-state index contributed by atoms with van der Waals surface area (Å²) in [6.07, 6.45) is 0.998. The number of fused-ring (bicyclic) bond motifs is 1. The van der Waals surface area contributed by atoms with Gasteiger partial charge < -0.3 is 19.5 Å². The van der Waals surface area contributed by atoms with Crippen LogP contribution >= 0.6 is 0 Å². The quantitative estimate of drug-likeness (QED) is 0.925. The number of carboxylic acid groups (broad SMARTS) is 1. The van der Waals surface area contributed by atoms with Gasteiger partial charge in [0.1, 0.15) is 11.3 Å². The van der Waals surface area contributed by atoms with Crippen molar-refractivity contribution in [2.45, 2.75) is 32.7 Å². The topological polar surface area (TPSA) is 76.1 Å². The van der Waals surface area contributed by atoms with Crippen molar-refractivity contribution in [2.75, 3.05) is 20.3 Å². The monoisotopic (exact) mass is 307 g/mol. The predicted molar refractivity (Wildman–Crippen MR) is 80.4 cm³/mol. The maximum absolute atomic E-state index is 12.1. The zero-order valence-electron chi connectivity index (χ0n) is 13.1. The largest absolute Gasteiger partial charge is 0.496 e. The highest BCUT2D eigenvalue weighted by Crippen LogP contribution is 2.36. The van der Waals surface area contributed by atoms with Crippen molar-refractivity contribution in [3.05, 3.63) is 28.8 Å². The SMILES string of the molecule is CCOC(=O)N1CCc2cc(C(=O)O)c(OC)cc2C1CC. The molecule has 1 atom stereocenters. The fourth-order valence-corrected chi connectivity index (χ4v) is 2.93. The molecule has 0 saturated carbocycles. The molecule has 1 aliphatic heterocycles. The molecule has 120 valence electrons. The number of nitrogens with zero attached hydrogens (tertiary/aromatic N) is 1. The summed E-state index contributed by atoms with van der Waals surface area (Å²) in [6, 6.07) is 3.26. The Bertz CT molecular complexity index is 584. The maximum atomic E-state index is 12.1. The van der Waals surface area contributed by atoms with E-state index >= 15 is 0 Å². The van der Waals surface area contributed by atoms with E-state index in [1.807, 2.05) is 6.92 Å². The number of aromatic carboxylic acids is 1. The Morgan fingerprint density at radius 3 is 2.64 bits per heavy atom. The van der Waals surface area contributed by atoms with Gasteiger partial charge in [0.25, 0.3) is 0 Å². The maximum Gasteiger partial charge on any atom is 0.410 e. The molecule has 1 aliphatic rings. The van der Waals surface area contributed by atoms with E-state index in [0.29, 0.717) is 25.3 Å². The Balaban J connectivity index is 2.44. The molecule has 6 heteroatoms. The number of carbonyl (C=O) groups is 2. The van der Waals surface area contributed by atoms with Crippen LogP contribution in [0.25, 0.3) is 0 Å². The third kappa shape index (κ3) is 2.86. The molecule has 0 aromatic heterocycles. The zero-order valence-corrected chi connectivity index (χ0v) is 13.1. The van der Waals surface area contributed by atoms with Gasteiger partial charge in [0.15, 0.2) is 0 Å². The second-order valence-electron chi connectivity index (χ2n) is 5.12. The van der Waals surface area contributed by atoms with Crippen LogP contribution in [0.5, 0.6) is 5.75 Å². The van der Waals surface area contributed by atoms with Crippen molar-refractivity contribution in [2.24, 2.45) is 0 Å². The van der Waals surface area contributed by atoms with E-state index in [-0.39, 0.29) is 17.7 Å². The molecule has 1 aromatic rings. The molecule has 0 spiro atoms. The summed E-state index contributed by atoms with van der Waals surface area (Å²) in [5, 5.41) is 9.27. The molecule has 6 nitrogen and oxygen atoms in total. The highest BCUT2D eigenvalue weighted by atomic mass is 16.6.